The van der Waals surface area contributed by atoms with Crippen molar-refractivity contribution in [2.75, 3.05) is 6.61 Å². The first-order chi connectivity index (χ1) is 9.03. The van der Waals surface area contributed by atoms with Crippen molar-refractivity contribution in [3.05, 3.63) is 12.2 Å². The zero-order chi connectivity index (χ0) is 15.9. The van der Waals surface area contributed by atoms with Crippen molar-refractivity contribution in [1.29, 1.82) is 0 Å². The summed E-state index contributed by atoms with van der Waals surface area (Å²) in [5, 5.41) is 11.7. The van der Waals surface area contributed by atoms with E-state index in [9.17, 15) is 9.59 Å². The Labute approximate surface area is 121 Å². The number of allylic oxidation sites excluding steroid dienone is 1. The molecule has 2 N–H and O–H groups in total. The molecule has 0 aromatic rings. The Morgan fingerprint density at radius 2 is 1.90 bits per heavy atom. The van der Waals surface area contributed by atoms with Gasteiger partial charge in [-0.3, -0.25) is 4.79 Å². The van der Waals surface area contributed by atoms with E-state index in [4.69, 9.17) is 9.84 Å². The van der Waals surface area contributed by atoms with Crippen molar-refractivity contribution in [2.24, 2.45) is 5.92 Å². The number of ether oxygens (including phenoxy) is 1. The number of carbonyl (C=O) groups is 2. The first kappa shape index (κ1) is 18.6. The number of carboxylic acid groups (broad SMARTS) is 1. The van der Waals surface area contributed by atoms with Crippen LogP contribution in [0.2, 0.25) is 0 Å². The molecule has 0 aliphatic carbocycles. The summed E-state index contributed by atoms with van der Waals surface area (Å²) in [6.07, 6.45) is 0.800. The van der Waals surface area contributed by atoms with Crippen molar-refractivity contribution in [3.8, 4) is 0 Å². The summed E-state index contributed by atoms with van der Waals surface area (Å²) in [6, 6.07) is -0.919. The van der Waals surface area contributed by atoms with Crippen molar-refractivity contribution in [1.82, 2.24) is 5.32 Å². The molecule has 0 spiro atoms. The van der Waals surface area contributed by atoms with Gasteiger partial charge in [0, 0.05) is 18.9 Å². The van der Waals surface area contributed by atoms with Gasteiger partial charge in [0.15, 0.2) is 0 Å². The summed E-state index contributed by atoms with van der Waals surface area (Å²) in [5.41, 5.74) is 0.580. The molecule has 0 bridgehead atoms. The smallest absolute Gasteiger partial charge is 0.326 e. The third kappa shape index (κ3) is 8.69. The molecule has 5 heteroatoms. The van der Waals surface area contributed by atoms with Crippen molar-refractivity contribution in [3.63, 3.8) is 0 Å². The lowest BCUT2D eigenvalue weighted by molar-refractivity contribution is -0.143. The van der Waals surface area contributed by atoms with Crippen LogP contribution in [0, 0.1) is 5.92 Å². The lowest BCUT2D eigenvalue weighted by atomic mass is 10.0. The summed E-state index contributed by atoms with van der Waals surface area (Å²) in [4.78, 5) is 23.0. The van der Waals surface area contributed by atoms with Crippen LogP contribution in [0.25, 0.3) is 0 Å². The highest BCUT2D eigenvalue weighted by Crippen LogP contribution is 2.11. The van der Waals surface area contributed by atoms with E-state index >= 15 is 0 Å². The second-order valence-electron chi connectivity index (χ2n) is 6.21. The maximum absolute atomic E-state index is 11.9. The van der Waals surface area contributed by atoms with E-state index in [0.29, 0.717) is 6.42 Å². The molecule has 0 saturated heterocycles. The standard InChI is InChI=1S/C15H27NO4/c1-10(2)9-11(3)13(17)16-12(14(18)19)7-8-20-15(4,5)6/h11-12H,1,7-9H2,2-6H3,(H,16,17)(H,18,19). The van der Waals surface area contributed by atoms with Gasteiger partial charge < -0.3 is 15.2 Å². The lowest BCUT2D eigenvalue weighted by Gasteiger charge is -2.22. The lowest BCUT2D eigenvalue weighted by Crippen LogP contribution is -2.44. The summed E-state index contributed by atoms with van der Waals surface area (Å²) in [7, 11) is 0. The van der Waals surface area contributed by atoms with Crippen LogP contribution in [0.1, 0.15) is 47.5 Å². The zero-order valence-corrected chi connectivity index (χ0v) is 13.2. The molecule has 0 saturated carbocycles. The average molecular weight is 285 g/mol. The third-order valence-corrected chi connectivity index (χ3v) is 2.66. The topological polar surface area (TPSA) is 75.6 Å². The van der Waals surface area contributed by atoms with Gasteiger partial charge in [-0.05, 0) is 34.1 Å². The molecule has 0 aliphatic rings. The van der Waals surface area contributed by atoms with E-state index in [0.717, 1.165) is 5.57 Å². The van der Waals surface area contributed by atoms with Gasteiger partial charge in [-0.25, -0.2) is 4.79 Å². The van der Waals surface area contributed by atoms with Crippen LogP contribution in [0.3, 0.4) is 0 Å². The Morgan fingerprint density at radius 1 is 1.35 bits per heavy atom. The Hall–Kier alpha value is -1.36. The summed E-state index contributed by atoms with van der Waals surface area (Å²) >= 11 is 0. The number of hydrogen-bond donors (Lipinski definition) is 2. The van der Waals surface area contributed by atoms with Crippen LogP contribution in [0.4, 0.5) is 0 Å². The Balaban J connectivity index is 4.37. The first-order valence-corrected chi connectivity index (χ1v) is 6.84. The molecule has 0 aromatic carbocycles. The van der Waals surface area contributed by atoms with Gasteiger partial charge in [0.2, 0.25) is 5.91 Å². The number of amides is 1. The summed E-state index contributed by atoms with van der Waals surface area (Å²) in [5.74, 6) is -1.59. The molecule has 5 nitrogen and oxygen atoms in total. The van der Waals surface area contributed by atoms with Gasteiger partial charge in [0.25, 0.3) is 0 Å². The minimum absolute atomic E-state index is 0.248. The number of hydrogen-bond acceptors (Lipinski definition) is 3. The van der Waals surface area contributed by atoms with Crippen LogP contribution in [0.15, 0.2) is 12.2 Å². The number of nitrogens with one attached hydrogen (secondary N) is 1. The molecule has 0 rings (SSSR count). The fraction of sp³-hybridized carbons (Fsp3) is 0.733. The Bertz CT molecular complexity index is 357. The molecule has 0 radical (unpaired) electrons. The second kappa shape index (κ2) is 8.04. The molecule has 2 unspecified atom stereocenters. The number of aliphatic carboxylic acids is 1. The number of carboxylic acids is 1. The molecule has 2 atom stereocenters. The zero-order valence-electron chi connectivity index (χ0n) is 13.2. The maximum Gasteiger partial charge on any atom is 0.326 e. The SMILES string of the molecule is C=C(C)CC(C)C(=O)NC(CCOC(C)(C)C)C(=O)O. The van der Waals surface area contributed by atoms with E-state index in [-0.39, 0.29) is 30.5 Å². The average Bonchev–Trinajstić information content (AvgIpc) is 2.24. The van der Waals surface area contributed by atoms with E-state index in [2.05, 4.69) is 11.9 Å². The molecule has 1 amide bonds. The fourth-order valence-corrected chi connectivity index (χ4v) is 1.67. The van der Waals surface area contributed by atoms with Crippen LogP contribution in [-0.4, -0.2) is 35.2 Å². The maximum atomic E-state index is 11.9. The van der Waals surface area contributed by atoms with E-state index in [1.165, 1.54) is 0 Å². The normalized spacial score (nSPS) is 14.4. The van der Waals surface area contributed by atoms with Gasteiger partial charge in [-0.1, -0.05) is 12.5 Å². The van der Waals surface area contributed by atoms with Gasteiger partial charge in [0.1, 0.15) is 6.04 Å². The first-order valence-electron chi connectivity index (χ1n) is 6.84. The van der Waals surface area contributed by atoms with Crippen LogP contribution in [0.5, 0.6) is 0 Å². The highest BCUT2D eigenvalue weighted by atomic mass is 16.5. The second-order valence-corrected chi connectivity index (χ2v) is 6.21. The van der Waals surface area contributed by atoms with Gasteiger partial charge >= 0.3 is 5.97 Å². The van der Waals surface area contributed by atoms with Gasteiger partial charge in [0.05, 0.1) is 5.60 Å². The minimum Gasteiger partial charge on any atom is -0.480 e. The van der Waals surface area contributed by atoms with E-state index < -0.39 is 12.0 Å². The van der Waals surface area contributed by atoms with Crippen LogP contribution in [-0.2, 0) is 14.3 Å². The fourth-order valence-electron chi connectivity index (χ4n) is 1.67. The van der Waals surface area contributed by atoms with Crippen LogP contribution < -0.4 is 5.32 Å². The van der Waals surface area contributed by atoms with Crippen LogP contribution >= 0.6 is 0 Å². The predicted octanol–water partition coefficient (Wildman–Crippen LogP) is 2.36. The van der Waals surface area contributed by atoms with E-state index in [1.54, 1.807) is 6.92 Å². The van der Waals surface area contributed by atoms with Gasteiger partial charge in [-0.15, -0.1) is 6.58 Å². The molecular weight excluding hydrogens is 258 g/mol. The monoisotopic (exact) mass is 285 g/mol. The molecular formula is C15H27NO4. The van der Waals surface area contributed by atoms with E-state index in [1.807, 2.05) is 27.7 Å². The molecule has 0 aliphatic heterocycles. The third-order valence-electron chi connectivity index (χ3n) is 2.66. The quantitative estimate of drug-likeness (QED) is 0.671. The summed E-state index contributed by atoms with van der Waals surface area (Å²) in [6.45, 7) is 13.3. The Morgan fingerprint density at radius 3 is 2.30 bits per heavy atom. The summed E-state index contributed by atoms with van der Waals surface area (Å²) < 4.78 is 5.49. The highest BCUT2D eigenvalue weighted by Gasteiger charge is 2.23. The molecule has 116 valence electrons. The Kier molecular flexibility index (Phi) is 7.50. The molecule has 0 aromatic heterocycles. The van der Waals surface area contributed by atoms with Crippen molar-refractivity contribution < 1.29 is 19.4 Å². The van der Waals surface area contributed by atoms with Crippen molar-refractivity contribution in [2.45, 2.75) is 59.1 Å². The molecule has 0 heterocycles. The molecule has 0 fully saturated rings. The highest BCUT2D eigenvalue weighted by molar-refractivity contribution is 5.84. The number of carbonyl (C=O) groups excluding carboxylic acids is 1. The largest absolute Gasteiger partial charge is 0.480 e. The minimum atomic E-state index is -1.04. The predicted molar refractivity (Wildman–Crippen MR) is 78.5 cm³/mol. The van der Waals surface area contributed by atoms with Gasteiger partial charge in [-0.2, -0.15) is 0 Å². The number of rotatable bonds is 8. The van der Waals surface area contributed by atoms with Crippen molar-refractivity contribution >= 4 is 11.9 Å². The molecule has 20 heavy (non-hydrogen) atoms.